The van der Waals surface area contributed by atoms with Crippen molar-refractivity contribution in [1.29, 1.82) is 0 Å². The molecule has 0 spiro atoms. The molecule has 1 N–H and O–H groups in total. The predicted molar refractivity (Wildman–Crippen MR) is 156 cm³/mol. The van der Waals surface area contributed by atoms with E-state index in [0.717, 1.165) is 39.9 Å². The van der Waals surface area contributed by atoms with Crippen LogP contribution in [-0.4, -0.2) is 28.7 Å². The van der Waals surface area contributed by atoms with Crippen LogP contribution in [0.3, 0.4) is 0 Å². The van der Waals surface area contributed by atoms with Gasteiger partial charge in [0.05, 0.1) is 18.2 Å². The molecule has 1 heterocycles. The van der Waals surface area contributed by atoms with Crippen LogP contribution in [0, 0.1) is 6.92 Å². The van der Waals surface area contributed by atoms with Crippen LogP contribution < -0.4 is 10.1 Å². The molecule has 0 aliphatic carbocycles. The lowest BCUT2D eigenvalue weighted by atomic mass is 10.0. The van der Waals surface area contributed by atoms with Gasteiger partial charge in [0, 0.05) is 29.2 Å². The van der Waals surface area contributed by atoms with Crippen LogP contribution in [0.1, 0.15) is 72.0 Å². The minimum Gasteiger partial charge on any atom is -0.476 e. The van der Waals surface area contributed by atoms with Crippen molar-refractivity contribution in [3.63, 3.8) is 0 Å². The van der Waals surface area contributed by atoms with Gasteiger partial charge in [0.1, 0.15) is 5.75 Å². The normalized spacial score (nSPS) is 12.7. The number of amides is 1. The molecular formula is C33H35F3N2O4. The fourth-order valence-electron chi connectivity index (χ4n) is 4.90. The third-order valence-corrected chi connectivity index (χ3v) is 7.39. The van der Waals surface area contributed by atoms with Gasteiger partial charge in [-0.25, -0.2) is 4.79 Å². The molecular weight excluding hydrogens is 545 g/mol. The fourth-order valence-corrected chi connectivity index (χ4v) is 4.90. The summed E-state index contributed by atoms with van der Waals surface area (Å²) in [5, 5.41) is 3.88. The highest BCUT2D eigenvalue weighted by molar-refractivity contribution is 5.99. The maximum absolute atomic E-state index is 13.1. The van der Waals surface area contributed by atoms with E-state index >= 15 is 0 Å². The van der Waals surface area contributed by atoms with Crippen LogP contribution in [0.15, 0.2) is 66.7 Å². The number of aromatic nitrogens is 1. The second kappa shape index (κ2) is 11.9. The van der Waals surface area contributed by atoms with Gasteiger partial charge in [-0.05, 0) is 94.1 Å². The minimum atomic E-state index is -4.41. The van der Waals surface area contributed by atoms with Gasteiger partial charge in [0.25, 0.3) is 5.91 Å². The van der Waals surface area contributed by atoms with Gasteiger partial charge in [-0.2, -0.15) is 13.2 Å². The first-order chi connectivity index (χ1) is 19.7. The Bertz CT molecular complexity index is 1600. The zero-order valence-corrected chi connectivity index (χ0v) is 24.6. The summed E-state index contributed by atoms with van der Waals surface area (Å²) in [6.45, 7) is 9.12. The number of nitrogens with zero attached hydrogens (tertiary/aromatic N) is 1. The number of hydrogen-bond donors (Lipinski definition) is 1. The van der Waals surface area contributed by atoms with Crippen molar-refractivity contribution in [2.24, 2.45) is 7.05 Å². The second-order valence-electron chi connectivity index (χ2n) is 10.8. The third-order valence-electron chi connectivity index (χ3n) is 7.39. The van der Waals surface area contributed by atoms with E-state index in [9.17, 15) is 22.8 Å². The Kier molecular flexibility index (Phi) is 8.71. The number of hydrogen-bond acceptors (Lipinski definition) is 4. The van der Waals surface area contributed by atoms with Crippen molar-refractivity contribution in [1.82, 2.24) is 9.88 Å². The van der Waals surface area contributed by atoms with Crippen molar-refractivity contribution >= 4 is 22.8 Å². The maximum Gasteiger partial charge on any atom is 0.416 e. The molecule has 6 nitrogen and oxygen atoms in total. The summed E-state index contributed by atoms with van der Waals surface area (Å²) in [6.07, 6.45) is -3.80. The number of carbonyl (C=O) groups excluding carboxylic acids is 2. The molecule has 9 heteroatoms. The average molecular weight is 581 g/mol. The fraction of sp³-hybridized carbons (Fsp3) is 0.333. The molecule has 0 saturated carbocycles. The van der Waals surface area contributed by atoms with Gasteiger partial charge in [-0.1, -0.05) is 30.3 Å². The molecule has 222 valence electrons. The van der Waals surface area contributed by atoms with Gasteiger partial charge < -0.3 is 19.4 Å². The lowest BCUT2D eigenvalue weighted by Crippen LogP contribution is -2.39. The lowest BCUT2D eigenvalue weighted by Gasteiger charge is -2.24. The average Bonchev–Trinajstić information content (AvgIpc) is 3.17. The van der Waals surface area contributed by atoms with Crippen molar-refractivity contribution in [2.75, 3.05) is 6.61 Å². The van der Waals surface area contributed by atoms with Crippen molar-refractivity contribution < 1.29 is 32.2 Å². The number of aryl methyl sites for hydroxylation is 1. The van der Waals surface area contributed by atoms with E-state index < -0.39 is 29.4 Å². The predicted octanol–water partition coefficient (Wildman–Crippen LogP) is 7.31. The number of alkyl halides is 3. The second-order valence-corrected chi connectivity index (χ2v) is 10.8. The molecule has 1 aromatic heterocycles. The highest BCUT2D eigenvalue weighted by atomic mass is 19.4. The molecule has 4 rings (SSSR count). The number of rotatable bonds is 9. The highest BCUT2D eigenvalue weighted by Gasteiger charge is 2.32. The maximum atomic E-state index is 13.1. The molecule has 0 aliphatic heterocycles. The SMILES string of the molecule is CCOC(=O)C(C)(C)Oc1cccc(Cc2c(C)n(C)c3cc(C(=O)N[C@@H](C)c4ccc(C(F)(F)F)cc4)ccc23)c1. The number of esters is 1. The molecule has 4 aromatic rings. The number of carbonyl (C=O) groups is 2. The largest absolute Gasteiger partial charge is 0.476 e. The quantitative estimate of drug-likeness (QED) is 0.211. The Hall–Kier alpha value is -4.27. The van der Waals surface area contributed by atoms with Crippen molar-refractivity contribution in [2.45, 2.75) is 58.9 Å². The van der Waals surface area contributed by atoms with E-state index in [2.05, 4.69) is 5.32 Å². The summed E-state index contributed by atoms with van der Waals surface area (Å²) >= 11 is 0. The first kappa shape index (κ1) is 30.7. The smallest absolute Gasteiger partial charge is 0.416 e. The molecule has 42 heavy (non-hydrogen) atoms. The molecule has 0 aliphatic rings. The van der Waals surface area contributed by atoms with E-state index in [1.54, 1.807) is 39.8 Å². The summed E-state index contributed by atoms with van der Waals surface area (Å²) in [7, 11) is 1.94. The van der Waals surface area contributed by atoms with Gasteiger partial charge >= 0.3 is 12.1 Å². The Morgan fingerprint density at radius 3 is 2.33 bits per heavy atom. The molecule has 0 unspecified atom stereocenters. The van der Waals surface area contributed by atoms with E-state index in [1.165, 1.54) is 12.1 Å². The number of ether oxygens (including phenoxy) is 2. The third kappa shape index (κ3) is 6.61. The Balaban J connectivity index is 1.53. The zero-order chi connectivity index (χ0) is 30.8. The summed E-state index contributed by atoms with van der Waals surface area (Å²) < 4.78 is 51.8. The topological polar surface area (TPSA) is 69.6 Å². The van der Waals surface area contributed by atoms with E-state index in [-0.39, 0.29) is 12.5 Å². The van der Waals surface area contributed by atoms with Gasteiger partial charge in [-0.15, -0.1) is 0 Å². The molecule has 1 atom stereocenters. The standard InChI is InChI=1S/C33H35F3N2O4/c1-7-41-31(40)32(4,5)42-26-10-8-9-22(17-26)18-28-21(3)38(6)29-19-24(13-16-27(28)29)30(39)37-20(2)23-11-14-25(15-12-23)33(34,35)36/h8-17,19-20H,7,18H2,1-6H3,(H,37,39)/t20-/m0/s1. The van der Waals surface area contributed by atoms with Crippen LogP contribution in [0.4, 0.5) is 13.2 Å². The van der Waals surface area contributed by atoms with E-state index in [0.29, 0.717) is 23.3 Å². The summed E-state index contributed by atoms with van der Waals surface area (Å²) in [5.74, 6) is -0.197. The van der Waals surface area contributed by atoms with Gasteiger partial charge in [0.15, 0.2) is 5.60 Å². The Labute approximate surface area is 243 Å². The monoisotopic (exact) mass is 580 g/mol. The molecule has 0 fully saturated rings. The number of benzene rings is 3. The number of nitrogens with one attached hydrogen (secondary N) is 1. The number of fused-ring (bicyclic) bond motifs is 1. The zero-order valence-electron chi connectivity index (χ0n) is 24.6. The first-order valence-corrected chi connectivity index (χ1v) is 13.7. The number of halogens is 3. The van der Waals surface area contributed by atoms with Crippen LogP contribution >= 0.6 is 0 Å². The Morgan fingerprint density at radius 1 is 1.00 bits per heavy atom. The van der Waals surface area contributed by atoms with Crippen molar-refractivity contribution in [3.05, 3.63) is 100 Å². The van der Waals surface area contributed by atoms with E-state index in [1.807, 2.05) is 48.9 Å². The van der Waals surface area contributed by atoms with Crippen LogP contribution in [0.25, 0.3) is 10.9 Å². The molecule has 1 amide bonds. The first-order valence-electron chi connectivity index (χ1n) is 13.7. The summed E-state index contributed by atoms with van der Waals surface area (Å²) in [6, 6.07) is 17.4. The van der Waals surface area contributed by atoms with Gasteiger partial charge in [0.2, 0.25) is 0 Å². The van der Waals surface area contributed by atoms with Crippen LogP contribution in [-0.2, 0) is 29.2 Å². The van der Waals surface area contributed by atoms with Gasteiger partial charge in [-0.3, -0.25) is 4.79 Å². The highest BCUT2D eigenvalue weighted by Crippen LogP contribution is 2.31. The molecule has 0 bridgehead atoms. The lowest BCUT2D eigenvalue weighted by molar-refractivity contribution is -0.158. The van der Waals surface area contributed by atoms with E-state index in [4.69, 9.17) is 9.47 Å². The molecule has 3 aromatic carbocycles. The minimum absolute atomic E-state index is 0.271. The van der Waals surface area contributed by atoms with Crippen LogP contribution in [0.2, 0.25) is 0 Å². The summed E-state index contributed by atoms with van der Waals surface area (Å²) in [4.78, 5) is 25.4. The van der Waals surface area contributed by atoms with Crippen LogP contribution in [0.5, 0.6) is 5.75 Å². The Morgan fingerprint density at radius 2 is 1.69 bits per heavy atom. The molecule has 0 radical (unpaired) electrons. The van der Waals surface area contributed by atoms with Crippen molar-refractivity contribution in [3.8, 4) is 5.75 Å². The summed E-state index contributed by atoms with van der Waals surface area (Å²) in [5.41, 5.74) is 3.17. The molecule has 0 saturated heterocycles.